The molecule has 8 heteroatoms. The van der Waals surface area contributed by atoms with Gasteiger partial charge in [0.1, 0.15) is 12.6 Å². The molecule has 1 aliphatic carbocycles. The molecule has 1 N–H and O–H groups in total. The zero-order chi connectivity index (χ0) is 22.8. The molecule has 1 aromatic carbocycles. The maximum absolute atomic E-state index is 13.1. The highest BCUT2D eigenvalue weighted by Gasteiger charge is 2.61. The average molecular weight is 431 g/mol. The summed E-state index contributed by atoms with van der Waals surface area (Å²) in [6, 6.07) is 7.50. The predicted octanol–water partition coefficient (Wildman–Crippen LogP) is 1.97. The fourth-order valence-corrected chi connectivity index (χ4v) is 4.61. The summed E-state index contributed by atoms with van der Waals surface area (Å²) in [7, 11) is 4.55. The summed E-state index contributed by atoms with van der Waals surface area (Å²) in [6.07, 6.45) is 3.05. The van der Waals surface area contributed by atoms with E-state index in [-0.39, 0.29) is 31.3 Å². The first-order valence-corrected chi connectivity index (χ1v) is 10.4. The summed E-state index contributed by atoms with van der Waals surface area (Å²) >= 11 is 0. The standard InChI is InChI=1S/C23H30N2O6/c1-15-10-11-17(12-19(26)24(2)3)23(29)13-18(21(27)30-4)25(20(15)23)22(28)31-14-16-8-6-5-7-9-16/h5-11,15,17-18,20,29H,12-14H2,1-4H3/t15-,17-,18-,20+,23+/m0/s1. The number of ether oxygens (including phenoxy) is 2. The van der Waals surface area contributed by atoms with Crippen molar-refractivity contribution in [3.63, 3.8) is 0 Å². The van der Waals surface area contributed by atoms with Gasteiger partial charge in [-0.15, -0.1) is 0 Å². The van der Waals surface area contributed by atoms with Crippen LogP contribution in [0.3, 0.4) is 0 Å². The normalized spacial score (nSPS) is 29.3. The number of aliphatic hydroxyl groups is 1. The second kappa shape index (κ2) is 9.09. The number of hydrogen-bond donors (Lipinski definition) is 1. The first kappa shape index (κ1) is 22.8. The van der Waals surface area contributed by atoms with Crippen LogP contribution in [0, 0.1) is 11.8 Å². The van der Waals surface area contributed by atoms with Crippen LogP contribution in [0.1, 0.15) is 25.3 Å². The van der Waals surface area contributed by atoms with Gasteiger partial charge < -0.3 is 19.5 Å². The molecule has 0 bridgehead atoms. The molecule has 0 spiro atoms. The van der Waals surface area contributed by atoms with Crippen LogP contribution in [0.25, 0.3) is 0 Å². The molecule has 168 valence electrons. The predicted molar refractivity (Wildman–Crippen MR) is 113 cm³/mol. The van der Waals surface area contributed by atoms with Crippen LogP contribution in [0.5, 0.6) is 0 Å². The van der Waals surface area contributed by atoms with Gasteiger partial charge in [0.2, 0.25) is 5.91 Å². The second-order valence-electron chi connectivity index (χ2n) is 8.47. The van der Waals surface area contributed by atoms with E-state index in [2.05, 4.69) is 0 Å². The van der Waals surface area contributed by atoms with Crippen LogP contribution in [-0.4, -0.2) is 71.8 Å². The molecule has 1 aromatic rings. The molecule has 0 radical (unpaired) electrons. The minimum atomic E-state index is -1.45. The molecule has 1 fully saturated rings. The first-order valence-electron chi connectivity index (χ1n) is 10.4. The minimum absolute atomic E-state index is 0.0230. The van der Waals surface area contributed by atoms with Gasteiger partial charge in [-0.25, -0.2) is 9.59 Å². The maximum Gasteiger partial charge on any atom is 0.411 e. The number of methoxy groups -OCH3 is 1. The van der Waals surface area contributed by atoms with Crippen molar-refractivity contribution >= 4 is 18.0 Å². The van der Waals surface area contributed by atoms with Crippen molar-refractivity contribution in [2.75, 3.05) is 21.2 Å². The Morgan fingerprint density at radius 1 is 1.19 bits per heavy atom. The summed E-state index contributed by atoms with van der Waals surface area (Å²) in [4.78, 5) is 40.8. The van der Waals surface area contributed by atoms with Gasteiger partial charge in [-0.05, 0) is 11.5 Å². The molecule has 2 amide bonds. The van der Waals surface area contributed by atoms with Gasteiger partial charge in [0, 0.05) is 32.9 Å². The molecule has 31 heavy (non-hydrogen) atoms. The molecular weight excluding hydrogens is 400 g/mol. The summed E-state index contributed by atoms with van der Waals surface area (Å²) < 4.78 is 10.4. The number of carbonyl (C=O) groups excluding carboxylic acids is 3. The molecule has 5 atom stereocenters. The number of fused-ring (bicyclic) bond motifs is 1. The van der Waals surface area contributed by atoms with E-state index < -0.39 is 35.7 Å². The fraction of sp³-hybridized carbons (Fsp3) is 0.522. The topological polar surface area (TPSA) is 96.4 Å². The van der Waals surface area contributed by atoms with E-state index >= 15 is 0 Å². The van der Waals surface area contributed by atoms with Gasteiger partial charge in [-0.2, -0.15) is 0 Å². The Bertz CT molecular complexity index is 855. The summed E-state index contributed by atoms with van der Waals surface area (Å²) in [5, 5.41) is 11.7. The fourth-order valence-electron chi connectivity index (χ4n) is 4.61. The SMILES string of the molecule is COC(=O)[C@@H]1C[C@@]2(O)[C@H](CC(=O)N(C)C)C=C[C@H](C)[C@H]2N1C(=O)OCc1ccccc1. The lowest BCUT2D eigenvalue weighted by Gasteiger charge is -2.43. The van der Waals surface area contributed by atoms with Crippen LogP contribution < -0.4 is 0 Å². The average Bonchev–Trinajstić information content (AvgIpc) is 3.09. The Hall–Kier alpha value is -2.87. The van der Waals surface area contributed by atoms with Crippen molar-refractivity contribution < 1.29 is 29.0 Å². The van der Waals surface area contributed by atoms with Gasteiger partial charge in [-0.1, -0.05) is 49.4 Å². The minimum Gasteiger partial charge on any atom is -0.467 e. The molecule has 1 aliphatic heterocycles. The van der Waals surface area contributed by atoms with E-state index in [9.17, 15) is 19.5 Å². The van der Waals surface area contributed by atoms with E-state index in [1.807, 2.05) is 49.4 Å². The zero-order valence-electron chi connectivity index (χ0n) is 18.4. The molecule has 2 aliphatic rings. The van der Waals surface area contributed by atoms with E-state index in [4.69, 9.17) is 9.47 Å². The summed E-state index contributed by atoms with van der Waals surface area (Å²) in [5.41, 5.74) is -0.643. The Morgan fingerprint density at radius 2 is 1.87 bits per heavy atom. The quantitative estimate of drug-likeness (QED) is 0.567. The van der Waals surface area contributed by atoms with Crippen LogP contribution in [0.4, 0.5) is 4.79 Å². The van der Waals surface area contributed by atoms with Crippen molar-refractivity contribution in [3.8, 4) is 0 Å². The van der Waals surface area contributed by atoms with E-state index in [0.29, 0.717) is 0 Å². The smallest absolute Gasteiger partial charge is 0.411 e. The second-order valence-corrected chi connectivity index (χ2v) is 8.47. The molecule has 1 saturated heterocycles. The number of carbonyl (C=O) groups is 3. The Labute approximate surface area is 182 Å². The molecular formula is C23H30N2O6. The van der Waals surface area contributed by atoms with Crippen LogP contribution in [0.2, 0.25) is 0 Å². The lowest BCUT2D eigenvalue weighted by molar-refractivity contribution is -0.146. The third-order valence-electron chi connectivity index (χ3n) is 6.24. The van der Waals surface area contributed by atoms with E-state index in [0.717, 1.165) is 5.56 Å². The first-order chi connectivity index (χ1) is 14.7. The van der Waals surface area contributed by atoms with E-state index in [1.54, 1.807) is 14.1 Å². The Morgan fingerprint density at radius 3 is 2.48 bits per heavy atom. The zero-order valence-corrected chi connectivity index (χ0v) is 18.4. The van der Waals surface area contributed by atoms with Crippen LogP contribution in [0.15, 0.2) is 42.5 Å². The number of benzene rings is 1. The van der Waals surface area contributed by atoms with E-state index in [1.165, 1.54) is 16.9 Å². The maximum atomic E-state index is 13.1. The molecule has 0 aromatic heterocycles. The summed E-state index contributed by atoms with van der Waals surface area (Å²) in [5.74, 6) is -1.54. The highest BCUT2D eigenvalue weighted by Crippen LogP contribution is 2.47. The van der Waals surface area contributed by atoms with Gasteiger partial charge in [0.05, 0.1) is 18.8 Å². The number of rotatable bonds is 5. The number of esters is 1. The van der Waals surface area contributed by atoms with Crippen LogP contribution in [-0.2, 0) is 25.7 Å². The lowest BCUT2D eigenvalue weighted by Crippen LogP contribution is -2.57. The lowest BCUT2D eigenvalue weighted by atomic mass is 9.70. The molecule has 3 rings (SSSR count). The van der Waals surface area contributed by atoms with Crippen molar-refractivity contribution in [2.24, 2.45) is 11.8 Å². The van der Waals surface area contributed by atoms with Crippen molar-refractivity contribution in [2.45, 2.75) is 44.1 Å². The molecule has 0 unspecified atom stereocenters. The van der Waals surface area contributed by atoms with Crippen molar-refractivity contribution in [1.29, 1.82) is 0 Å². The number of hydrogen-bond acceptors (Lipinski definition) is 6. The molecule has 8 nitrogen and oxygen atoms in total. The third kappa shape index (κ3) is 4.44. The number of nitrogens with zero attached hydrogens (tertiary/aromatic N) is 2. The number of likely N-dealkylation sites (tertiary alicyclic amines) is 1. The molecule has 1 heterocycles. The highest BCUT2D eigenvalue weighted by molar-refractivity contribution is 5.83. The summed E-state index contributed by atoms with van der Waals surface area (Å²) in [6.45, 7) is 1.91. The monoisotopic (exact) mass is 430 g/mol. The van der Waals surface area contributed by atoms with Gasteiger partial charge in [0.15, 0.2) is 0 Å². The highest BCUT2D eigenvalue weighted by atomic mass is 16.6. The number of amides is 2. The van der Waals surface area contributed by atoms with Crippen molar-refractivity contribution in [3.05, 3.63) is 48.0 Å². The largest absolute Gasteiger partial charge is 0.467 e. The Balaban J connectivity index is 1.89. The van der Waals surface area contributed by atoms with Crippen molar-refractivity contribution in [1.82, 2.24) is 9.80 Å². The van der Waals surface area contributed by atoms with Gasteiger partial charge in [-0.3, -0.25) is 9.69 Å². The molecule has 0 saturated carbocycles. The third-order valence-corrected chi connectivity index (χ3v) is 6.24. The van der Waals surface area contributed by atoms with Gasteiger partial charge >= 0.3 is 12.1 Å². The van der Waals surface area contributed by atoms with Crippen LogP contribution >= 0.6 is 0 Å². The van der Waals surface area contributed by atoms with Gasteiger partial charge in [0.25, 0.3) is 0 Å². The Kier molecular flexibility index (Phi) is 6.69.